The van der Waals surface area contributed by atoms with E-state index in [9.17, 15) is 8.42 Å². The second-order valence-electron chi connectivity index (χ2n) is 5.69. The first kappa shape index (κ1) is 20.4. The second-order valence-corrected chi connectivity index (χ2v) is 7.46. The van der Waals surface area contributed by atoms with Crippen LogP contribution in [0.15, 0.2) is 53.4 Å². The average Bonchev–Trinajstić information content (AvgIpc) is 2.47. The van der Waals surface area contributed by atoms with Crippen LogP contribution in [0.25, 0.3) is 0 Å². The molecule has 0 atom stereocenters. The molecule has 0 aliphatic rings. The highest BCUT2D eigenvalue weighted by molar-refractivity contribution is 7.89. The molecule has 132 valence electrons. The Morgan fingerprint density at radius 2 is 1.79 bits per heavy atom. The number of nitrogens with zero attached hydrogens (tertiary/aromatic N) is 1. The van der Waals surface area contributed by atoms with Crippen LogP contribution >= 0.6 is 12.4 Å². The zero-order valence-corrected chi connectivity index (χ0v) is 15.5. The Balaban J connectivity index is 0.00000288. The first-order chi connectivity index (χ1) is 10.9. The van der Waals surface area contributed by atoms with Crippen LogP contribution in [0, 0.1) is 6.92 Å². The maximum Gasteiger partial charge on any atom is 0.240 e. The van der Waals surface area contributed by atoms with E-state index < -0.39 is 10.0 Å². The summed E-state index contributed by atoms with van der Waals surface area (Å²) >= 11 is 0. The smallest absolute Gasteiger partial charge is 0.240 e. The van der Waals surface area contributed by atoms with Crippen molar-refractivity contribution in [1.29, 1.82) is 0 Å². The van der Waals surface area contributed by atoms with E-state index in [0.29, 0.717) is 18.0 Å². The zero-order chi connectivity index (χ0) is 16.9. The van der Waals surface area contributed by atoms with Gasteiger partial charge in [0, 0.05) is 25.3 Å². The molecule has 0 heterocycles. The fourth-order valence-corrected chi connectivity index (χ4v) is 3.27. The van der Waals surface area contributed by atoms with Crippen molar-refractivity contribution in [2.24, 2.45) is 0 Å². The van der Waals surface area contributed by atoms with Crippen LogP contribution in [0.2, 0.25) is 0 Å². The predicted molar refractivity (Wildman–Crippen MR) is 101 cm³/mol. The summed E-state index contributed by atoms with van der Waals surface area (Å²) in [6, 6.07) is 14.5. The van der Waals surface area contributed by atoms with Crippen molar-refractivity contribution in [2.45, 2.75) is 18.4 Å². The highest BCUT2D eigenvalue weighted by Crippen LogP contribution is 2.10. The molecule has 2 aromatic rings. The number of hydrogen-bond acceptors (Lipinski definition) is 4. The third kappa shape index (κ3) is 6.13. The molecule has 0 radical (unpaired) electrons. The van der Waals surface area contributed by atoms with Gasteiger partial charge >= 0.3 is 0 Å². The highest BCUT2D eigenvalue weighted by atomic mass is 35.5. The lowest BCUT2D eigenvalue weighted by atomic mass is 10.2. The van der Waals surface area contributed by atoms with Crippen LogP contribution < -0.4 is 10.5 Å². The van der Waals surface area contributed by atoms with E-state index in [1.54, 1.807) is 24.3 Å². The third-order valence-corrected chi connectivity index (χ3v) is 5.00. The lowest BCUT2D eigenvalue weighted by Gasteiger charge is -2.17. The van der Waals surface area contributed by atoms with Crippen molar-refractivity contribution >= 4 is 28.1 Å². The number of hydrogen-bond donors (Lipinski definition) is 2. The van der Waals surface area contributed by atoms with Gasteiger partial charge in [0.1, 0.15) is 0 Å². The number of rotatable bonds is 7. The molecule has 0 spiro atoms. The summed E-state index contributed by atoms with van der Waals surface area (Å²) < 4.78 is 27.0. The number of nitrogens with one attached hydrogen (secondary N) is 1. The van der Waals surface area contributed by atoms with E-state index in [2.05, 4.69) is 4.72 Å². The maximum atomic E-state index is 12.2. The molecule has 5 nitrogen and oxygen atoms in total. The van der Waals surface area contributed by atoms with Gasteiger partial charge in [-0.25, -0.2) is 13.1 Å². The molecule has 0 saturated heterocycles. The van der Waals surface area contributed by atoms with Crippen molar-refractivity contribution in [3.63, 3.8) is 0 Å². The van der Waals surface area contributed by atoms with Gasteiger partial charge in [-0.2, -0.15) is 0 Å². The lowest BCUT2D eigenvalue weighted by Crippen LogP contribution is -2.32. The van der Waals surface area contributed by atoms with Gasteiger partial charge in [-0.1, -0.05) is 29.8 Å². The number of benzene rings is 2. The summed E-state index contributed by atoms with van der Waals surface area (Å²) in [5.41, 5.74) is 8.63. The fourth-order valence-electron chi connectivity index (χ4n) is 2.25. The van der Waals surface area contributed by atoms with Gasteiger partial charge in [0.05, 0.1) is 4.90 Å². The van der Waals surface area contributed by atoms with Crippen molar-refractivity contribution < 1.29 is 8.42 Å². The Bertz CT molecular complexity index is 749. The van der Waals surface area contributed by atoms with Gasteiger partial charge < -0.3 is 10.6 Å². The molecule has 0 aliphatic carbocycles. The molecule has 0 saturated carbocycles. The Morgan fingerprint density at radius 3 is 2.42 bits per heavy atom. The summed E-state index contributed by atoms with van der Waals surface area (Å²) in [4.78, 5) is 2.34. The second kappa shape index (κ2) is 9.03. The summed E-state index contributed by atoms with van der Waals surface area (Å²) in [5.74, 6) is 0. The lowest BCUT2D eigenvalue weighted by molar-refractivity contribution is 0.332. The Kier molecular flexibility index (Phi) is 7.69. The Morgan fingerprint density at radius 1 is 1.12 bits per heavy atom. The van der Waals surface area contributed by atoms with Crippen molar-refractivity contribution in [3.05, 3.63) is 59.7 Å². The fraction of sp³-hybridized carbons (Fsp3) is 0.294. The predicted octanol–water partition coefficient (Wildman–Crippen LogP) is 2.41. The van der Waals surface area contributed by atoms with E-state index in [0.717, 1.165) is 23.4 Å². The number of halogens is 1. The molecule has 0 fully saturated rings. The number of aryl methyl sites for hydroxylation is 1. The van der Waals surface area contributed by atoms with Crippen molar-refractivity contribution in [1.82, 2.24) is 9.62 Å². The van der Waals surface area contributed by atoms with Crippen LogP contribution in [-0.2, 0) is 16.6 Å². The maximum absolute atomic E-state index is 12.2. The number of nitrogen functional groups attached to an aromatic ring is 1. The van der Waals surface area contributed by atoms with E-state index >= 15 is 0 Å². The van der Waals surface area contributed by atoms with Crippen LogP contribution in [0.1, 0.15) is 11.1 Å². The monoisotopic (exact) mass is 369 g/mol. The van der Waals surface area contributed by atoms with Crippen LogP contribution in [0.5, 0.6) is 0 Å². The van der Waals surface area contributed by atoms with Crippen molar-refractivity contribution in [2.75, 3.05) is 25.9 Å². The first-order valence-corrected chi connectivity index (χ1v) is 8.94. The summed E-state index contributed by atoms with van der Waals surface area (Å²) in [6.07, 6.45) is 0. The van der Waals surface area contributed by atoms with Crippen LogP contribution in [0.3, 0.4) is 0 Å². The number of nitrogens with two attached hydrogens (primary N) is 1. The molecule has 2 rings (SSSR count). The van der Waals surface area contributed by atoms with E-state index in [1.807, 2.05) is 43.1 Å². The first-order valence-electron chi connectivity index (χ1n) is 7.46. The molecule has 2 aromatic carbocycles. The molecule has 0 bridgehead atoms. The number of anilines is 1. The topological polar surface area (TPSA) is 75.4 Å². The largest absolute Gasteiger partial charge is 0.399 e. The quantitative estimate of drug-likeness (QED) is 0.735. The van der Waals surface area contributed by atoms with E-state index in [4.69, 9.17) is 5.73 Å². The molecule has 0 unspecified atom stereocenters. The SMILES string of the molecule is Cc1ccc(S(=O)(=O)NCCN(C)Cc2cccc(N)c2)cc1.Cl. The summed E-state index contributed by atoms with van der Waals surface area (Å²) in [7, 11) is -1.50. The van der Waals surface area contributed by atoms with Crippen LogP contribution in [0.4, 0.5) is 5.69 Å². The molecular weight excluding hydrogens is 346 g/mol. The Labute approximate surface area is 150 Å². The minimum atomic E-state index is -3.45. The zero-order valence-electron chi connectivity index (χ0n) is 13.9. The van der Waals surface area contributed by atoms with E-state index in [1.165, 1.54) is 0 Å². The standard InChI is InChI=1S/C17H23N3O2S.ClH/c1-14-6-8-17(9-7-14)23(21,22)19-10-11-20(2)13-15-4-3-5-16(18)12-15;/h3-9,12,19H,10-11,13,18H2,1-2H3;1H. The van der Waals surface area contributed by atoms with E-state index in [-0.39, 0.29) is 12.4 Å². The summed E-state index contributed by atoms with van der Waals surface area (Å²) in [5, 5.41) is 0. The molecule has 3 N–H and O–H groups in total. The molecule has 0 amide bonds. The molecule has 0 aromatic heterocycles. The van der Waals surface area contributed by atoms with Crippen LogP contribution in [-0.4, -0.2) is 33.5 Å². The van der Waals surface area contributed by atoms with Gasteiger partial charge in [-0.3, -0.25) is 0 Å². The minimum absolute atomic E-state index is 0. The van der Waals surface area contributed by atoms with Gasteiger partial charge in [-0.05, 0) is 43.8 Å². The Hall–Kier alpha value is -1.60. The number of sulfonamides is 1. The third-order valence-electron chi connectivity index (χ3n) is 3.52. The van der Waals surface area contributed by atoms with Crippen molar-refractivity contribution in [3.8, 4) is 0 Å². The van der Waals surface area contributed by atoms with Gasteiger partial charge in [0.15, 0.2) is 0 Å². The molecule has 0 aliphatic heterocycles. The molecular formula is C17H24ClN3O2S. The van der Waals surface area contributed by atoms with Gasteiger partial charge in [0.2, 0.25) is 10.0 Å². The average molecular weight is 370 g/mol. The normalized spacial score (nSPS) is 11.3. The summed E-state index contributed by atoms with van der Waals surface area (Å²) in [6.45, 7) is 3.61. The molecule has 7 heteroatoms. The molecule has 24 heavy (non-hydrogen) atoms. The minimum Gasteiger partial charge on any atom is -0.399 e. The highest BCUT2D eigenvalue weighted by Gasteiger charge is 2.13. The van der Waals surface area contributed by atoms with Gasteiger partial charge in [-0.15, -0.1) is 12.4 Å². The number of likely N-dealkylation sites (N-methyl/N-ethyl adjacent to an activating group) is 1. The van der Waals surface area contributed by atoms with Gasteiger partial charge in [0.25, 0.3) is 0 Å².